The molecule has 0 aliphatic rings. The molecule has 0 aliphatic heterocycles. The van der Waals surface area contributed by atoms with Crippen LogP contribution in [0.2, 0.25) is 0 Å². The van der Waals surface area contributed by atoms with Crippen molar-refractivity contribution in [1.29, 1.82) is 0 Å². The molecule has 1 N–H and O–H groups in total. The Kier molecular flexibility index (Phi) is 4.10. The van der Waals surface area contributed by atoms with Crippen LogP contribution in [0, 0.1) is 5.82 Å². The Balaban J connectivity index is 2.26. The minimum atomic E-state index is -0.231. The third-order valence-electron chi connectivity index (χ3n) is 2.74. The summed E-state index contributed by atoms with van der Waals surface area (Å²) in [5.74, 6) is -0.231. The maximum absolute atomic E-state index is 13.2. The van der Waals surface area contributed by atoms with Gasteiger partial charge >= 0.3 is 0 Å². The minimum absolute atomic E-state index is 0.231. The van der Waals surface area contributed by atoms with Crippen LogP contribution in [0.1, 0.15) is 18.9 Å². The molecule has 0 bridgehead atoms. The first-order valence-electron chi connectivity index (χ1n) is 6.20. The second-order valence-corrected chi connectivity index (χ2v) is 4.36. The van der Waals surface area contributed by atoms with Crippen LogP contribution in [-0.2, 0) is 13.6 Å². The van der Waals surface area contributed by atoms with Gasteiger partial charge in [-0.1, -0.05) is 19.1 Å². The number of benzene rings is 1. The molecule has 2 rings (SSSR count). The monoisotopic (exact) mass is 247 g/mol. The lowest BCUT2D eigenvalue weighted by molar-refractivity contribution is 0.628. The number of hydrogen-bond donors (Lipinski definition) is 1. The van der Waals surface area contributed by atoms with Crippen LogP contribution in [0.5, 0.6) is 0 Å². The number of halogens is 1. The molecular weight excluding hydrogens is 229 g/mol. The Morgan fingerprint density at radius 1 is 1.39 bits per heavy atom. The van der Waals surface area contributed by atoms with Gasteiger partial charge in [-0.3, -0.25) is 4.68 Å². The van der Waals surface area contributed by atoms with Crippen molar-refractivity contribution < 1.29 is 4.39 Å². The molecule has 0 saturated carbocycles. The largest absolute Gasteiger partial charge is 0.313 e. The molecule has 1 aromatic carbocycles. The Morgan fingerprint density at radius 2 is 2.22 bits per heavy atom. The van der Waals surface area contributed by atoms with Gasteiger partial charge in [-0.2, -0.15) is 5.10 Å². The standard InChI is InChI=1S/C14H18FN3/c1-3-7-16-9-12-10-18(2)17-14(12)11-5-4-6-13(15)8-11/h4-6,8,10,16H,3,7,9H2,1-2H3. The third kappa shape index (κ3) is 2.96. The summed E-state index contributed by atoms with van der Waals surface area (Å²) in [6, 6.07) is 6.56. The molecule has 0 unspecified atom stereocenters. The van der Waals surface area contributed by atoms with Crippen molar-refractivity contribution in [3.05, 3.63) is 41.8 Å². The summed E-state index contributed by atoms with van der Waals surface area (Å²) in [5, 5.41) is 7.75. The SMILES string of the molecule is CCCNCc1cn(C)nc1-c1cccc(F)c1. The van der Waals surface area contributed by atoms with E-state index < -0.39 is 0 Å². The zero-order chi connectivity index (χ0) is 13.0. The Hall–Kier alpha value is -1.68. The van der Waals surface area contributed by atoms with Gasteiger partial charge in [0.2, 0.25) is 0 Å². The first kappa shape index (κ1) is 12.8. The molecule has 0 amide bonds. The lowest BCUT2D eigenvalue weighted by atomic mass is 10.1. The van der Waals surface area contributed by atoms with E-state index in [-0.39, 0.29) is 5.82 Å². The molecule has 0 spiro atoms. The Morgan fingerprint density at radius 3 is 2.94 bits per heavy atom. The molecule has 18 heavy (non-hydrogen) atoms. The third-order valence-corrected chi connectivity index (χ3v) is 2.74. The fourth-order valence-electron chi connectivity index (χ4n) is 1.95. The highest BCUT2D eigenvalue weighted by Gasteiger charge is 2.10. The minimum Gasteiger partial charge on any atom is -0.313 e. The zero-order valence-corrected chi connectivity index (χ0v) is 10.8. The maximum atomic E-state index is 13.2. The van der Waals surface area contributed by atoms with Crippen molar-refractivity contribution in [1.82, 2.24) is 15.1 Å². The van der Waals surface area contributed by atoms with Crippen molar-refractivity contribution in [2.45, 2.75) is 19.9 Å². The second-order valence-electron chi connectivity index (χ2n) is 4.36. The molecule has 96 valence electrons. The van der Waals surface area contributed by atoms with Gasteiger partial charge in [-0.05, 0) is 25.1 Å². The van der Waals surface area contributed by atoms with Crippen molar-refractivity contribution in [2.24, 2.45) is 7.05 Å². The average molecular weight is 247 g/mol. The summed E-state index contributed by atoms with van der Waals surface area (Å²) in [5.41, 5.74) is 2.76. The normalized spacial score (nSPS) is 10.8. The molecule has 0 aliphatic carbocycles. The molecule has 0 fully saturated rings. The predicted molar refractivity (Wildman–Crippen MR) is 70.6 cm³/mol. The molecule has 0 saturated heterocycles. The summed E-state index contributed by atoms with van der Waals surface area (Å²) in [6.07, 6.45) is 3.07. The molecule has 0 radical (unpaired) electrons. The Bertz CT molecular complexity index is 520. The smallest absolute Gasteiger partial charge is 0.123 e. The van der Waals surface area contributed by atoms with Crippen LogP contribution in [0.4, 0.5) is 4.39 Å². The number of hydrogen-bond acceptors (Lipinski definition) is 2. The van der Waals surface area contributed by atoms with E-state index in [1.807, 2.05) is 19.3 Å². The van der Waals surface area contributed by atoms with E-state index in [4.69, 9.17) is 0 Å². The number of nitrogens with zero attached hydrogens (tertiary/aromatic N) is 2. The number of rotatable bonds is 5. The highest BCUT2D eigenvalue weighted by Crippen LogP contribution is 2.22. The molecule has 0 atom stereocenters. The van der Waals surface area contributed by atoms with Crippen molar-refractivity contribution >= 4 is 0 Å². The van der Waals surface area contributed by atoms with E-state index in [0.29, 0.717) is 0 Å². The first-order valence-corrected chi connectivity index (χ1v) is 6.20. The lowest BCUT2D eigenvalue weighted by Crippen LogP contribution is -2.13. The van der Waals surface area contributed by atoms with Crippen LogP contribution in [-0.4, -0.2) is 16.3 Å². The number of nitrogens with one attached hydrogen (secondary N) is 1. The van der Waals surface area contributed by atoms with Gasteiger partial charge < -0.3 is 5.32 Å². The quantitative estimate of drug-likeness (QED) is 0.823. The molecule has 3 nitrogen and oxygen atoms in total. The highest BCUT2D eigenvalue weighted by atomic mass is 19.1. The summed E-state index contributed by atoms with van der Waals surface area (Å²) in [7, 11) is 1.88. The summed E-state index contributed by atoms with van der Waals surface area (Å²) in [6.45, 7) is 3.86. The van der Waals surface area contributed by atoms with E-state index in [0.717, 1.165) is 36.3 Å². The van der Waals surface area contributed by atoms with Gasteiger partial charge in [0.15, 0.2) is 0 Å². The van der Waals surface area contributed by atoms with Gasteiger partial charge in [0.1, 0.15) is 5.82 Å². The van der Waals surface area contributed by atoms with Gasteiger partial charge in [0.25, 0.3) is 0 Å². The topological polar surface area (TPSA) is 29.9 Å². The fraction of sp³-hybridized carbons (Fsp3) is 0.357. The summed E-state index contributed by atoms with van der Waals surface area (Å²) in [4.78, 5) is 0. The molecule has 2 aromatic rings. The van der Waals surface area contributed by atoms with Crippen molar-refractivity contribution in [2.75, 3.05) is 6.54 Å². The zero-order valence-electron chi connectivity index (χ0n) is 10.8. The highest BCUT2D eigenvalue weighted by molar-refractivity contribution is 5.62. The van der Waals surface area contributed by atoms with E-state index in [1.54, 1.807) is 10.7 Å². The summed E-state index contributed by atoms with van der Waals surface area (Å²) < 4.78 is 15.0. The van der Waals surface area contributed by atoms with Crippen LogP contribution < -0.4 is 5.32 Å². The van der Waals surface area contributed by atoms with Crippen molar-refractivity contribution in [3.63, 3.8) is 0 Å². The predicted octanol–water partition coefficient (Wildman–Crippen LogP) is 2.73. The maximum Gasteiger partial charge on any atom is 0.123 e. The number of aromatic nitrogens is 2. The fourth-order valence-corrected chi connectivity index (χ4v) is 1.95. The molecule has 1 aromatic heterocycles. The van der Waals surface area contributed by atoms with E-state index in [2.05, 4.69) is 17.3 Å². The van der Waals surface area contributed by atoms with E-state index >= 15 is 0 Å². The van der Waals surface area contributed by atoms with Gasteiger partial charge in [0, 0.05) is 30.9 Å². The van der Waals surface area contributed by atoms with Crippen molar-refractivity contribution in [3.8, 4) is 11.3 Å². The van der Waals surface area contributed by atoms with E-state index in [1.165, 1.54) is 12.1 Å². The van der Waals surface area contributed by atoms with Gasteiger partial charge in [0.05, 0.1) is 5.69 Å². The average Bonchev–Trinajstić information content (AvgIpc) is 2.71. The molecule has 4 heteroatoms. The molecule has 1 heterocycles. The van der Waals surface area contributed by atoms with Gasteiger partial charge in [-0.25, -0.2) is 4.39 Å². The van der Waals surface area contributed by atoms with Crippen LogP contribution in [0.3, 0.4) is 0 Å². The second kappa shape index (κ2) is 5.78. The van der Waals surface area contributed by atoms with Gasteiger partial charge in [-0.15, -0.1) is 0 Å². The van der Waals surface area contributed by atoms with E-state index in [9.17, 15) is 4.39 Å². The number of aryl methyl sites for hydroxylation is 1. The first-order chi connectivity index (χ1) is 8.70. The summed E-state index contributed by atoms with van der Waals surface area (Å²) >= 11 is 0. The van der Waals surface area contributed by atoms with Crippen LogP contribution >= 0.6 is 0 Å². The Labute approximate surface area is 107 Å². The molecular formula is C14H18FN3. The van der Waals surface area contributed by atoms with Crippen LogP contribution in [0.15, 0.2) is 30.5 Å². The lowest BCUT2D eigenvalue weighted by Gasteiger charge is -2.04. The van der Waals surface area contributed by atoms with Crippen LogP contribution in [0.25, 0.3) is 11.3 Å².